The minimum Gasteiger partial charge on any atom is -0.484 e. The van der Waals surface area contributed by atoms with E-state index in [1.54, 1.807) is 6.92 Å². The first kappa shape index (κ1) is 17.8. The summed E-state index contributed by atoms with van der Waals surface area (Å²) >= 11 is 0. The Hall–Kier alpha value is -2.96. The number of ether oxygens (including phenoxy) is 1. The van der Waals surface area contributed by atoms with Crippen molar-refractivity contribution in [2.24, 2.45) is 0 Å². The second-order valence-electron chi connectivity index (χ2n) is 5.79. The van der Waals surface area contributed by atoms with E-state index in [1.165, 1.54) is 12.1 Å². The highest BCUT2D eigenvalue weighted by molar-refractivity contribution is 5.79. The van der Waals surface area contributed by atoms with Gasteiger partial charge in [0.05, 0.1) is 11.6 Å². The van der Waals surface area contributed by atoms with Crippen LogP contribution in [0.15, 0.2) is 59.0 Å². The molecule has 1 heterocycles. The highest BCUT2D eigenvalue weighted by Crippen LogP contribution is 2.30. The van der Waals surface area contributed by atoms with Crippen LogP contribution < -0.4 is 10.1 Å². The quantitative estimate of drug-likeness (QED) is 0.714. The SMILES string of the molecule is CC(NC(=O)COc1ccc(C(F)(F)F)cc1)c1cc2ccccc2o1. The van der Waals surface area contributed by atoms with Crippen molar-refractivity contribution in [1.29, 1.82) is 0 Å². The third kappa shape index (κ3) is 4.17. The summed E-state index contributed by atoms with van der Waals surface area (Å²) in [6.07, 6.45) is -4.40. The molecule has 136 valence electrons. The molecule has 1 amide bonds. The lowest BCUT2D eigenvalue weighted by Crippen LogP contribution is -2.31. The molecule has 1 unspecified atom stereocenters. The smallest absolute Gasteiger partial charge is 0.416 e. The number of amides is 1. The number of para-hydroxylation sites is 1. The van der Waals surface area contributed by atoms with E-state index in [1.807, 2.05) is 30.3 Å². The van der Waals surface area contributed by atoms with Gasteiger partial charge in [-0.05, 0) is 43.3 Å². The van der Waals surface area contributed by atoms with Crippen molar-refractivity contribution >= 4 is 16.9 Å². The van der Waals surface area contributed by atoms with E-state index in [2.05, 4.69) is 5.32 Å². The lowest BCUT2D eigenvalue weighted by molar-refractivity contribution is -0.137. The van der Waals surface area contributed by atoms with Crippen molar-refractivity contribution in [3.8, 4) is 5.75 Å². The summed E-state index contributed by atoms with van der Waals surface area (Å²) in [6, 6.07) is 13.1. The average molecular weight is 363 g/mol. The zero-order valence-electron chi connectivity index (χ0n) is 13.8. The van der Waals surface area contributed by atoms with Crippen molar-refractivity contribution in [3.05, 3.63) is 65.9 Å². The van der Waals surface area contributed by atoms with Crippen LogP contribution in [0.2, 0.25) is 0 Å². The zero-order chi connectivity index (χ0) is 18.7. The van der Waals surface area contributed by atoms with Gasteiger partial charge in [0.2, 0.25) is 0 Å². The number of carbonyl (C=O) groups is 1. The van der Waals surface area contributed by atoms with E-state index in [-0.39, 0.29) is 18.4 Å². The van der Waals surface area contributed by atoms with Gasteiger partial charge in [0.15, 0.2) is 6.61 Å². The minimum absolute atomic E-state index is 0.185. The van der Waals surface area contributed by atoms with Gasteiger partial charge >= 0.3 is 6.18 Å². The standard InChI is InChI=1S/C19H16F3NO3/c1-12(17-10-13-4-2-3-5-16(13)26-17)23-18(24)11-25-15-8-6-14(7-9-15)19(20,21)22/h2-10,12H,11H2,1H3,(H,23,24). The van der Waals surface area contributed by atoms with E-state index >= 15 is 0 Å². The van der Waals surface area contributed by atoms with Gasteiger partial charge in [-0.15, -0.1) is 0 Å². The fourth-order valence-corrected chi connectivity index (χ4v) is 2.46. The summed E-state index contributed by atoms with van der Waals surface area (Å²) in [5.74, 6) is 0.386. The van der Waals surface area contributed by atoms with Gasteiger partial charge in [-0.2, -0.15) is 13.2 Å². The molecule has 3 rings (SSSR count). The lowest BCUT2D eigenvalue weighted by Gasteiger charge is -2.12. The Balaban J connectivity index is 1.55. The van der Waals surface area contributed by atoms with Gasteiger partial charge in [0.25, 0.3) is 5.91 Å². The average Bonchev–Trinajstić information content (AvgIpc) is 3.04. The number of furan rings is 1. The first-order valence-electron chi connectivity index (χ1n) is 7.91. The van der Waals surface area contributed by atoms with Crippen LogP contribution >= 0.6 is 0 Å². The highest BCUT2D eigenvalue weighted by Gasteiger charge is 2.30. The van der Waals surface area contributed by atoms with Gasteiger partial charge in [0.1, 0.15) is 17.1 Å². The summed E-state index contributed by atoms with van der Waals surface area (Å²) in [5, 5.41) is 3.66. The molecule has 0 spiro atoms. The monoisotopic (exact) mass is 363 g/mol. The van der Waals surface area contributed by atoms with E-state index < -0.39 is 17.6 Å². The molecule has 0 radical (unpaired) electrons. The summed E-state index contributed by atoms with van der Waals surface area (Å²) in [5.41, 5.74) is -0.0441. The van der Waals surface area contributed by atoms with E-state index in [0.717, 1.165) is 23.1 Å². The summed E-state index contributed by atoms with van der Waals surface area (Å²) in [6.45, 7) is 1.46. The van der Waals surface area contributed by atoms with Crippen molar-refractivity contribution in [3.63, 3.8) is 0 Å². The van der Waals surface area contributed by atoms with Crippen LogP contribution in [0, 0.1) is 0 Å². The van der Waals surface area contributed by atoms with E-state index in [4.69, 9.17) is 9.15 Å². The van der Waals surface area contributed by atoms with Crippen LogP contribution in [0.5, 0.6) is 5.75 Å². The Morgan fingerprint density at radius 3 is 2.50 bits per heavy atom. The molecule has 4 nitrogen and oxygen atoms in total. The molecule has 1 atom stereocenters. The lowest BCUT2D eigenvalue weighted by atomic mass is 10.2. The number of alkyl halides is 3. The molecular formula is C19H16F3NO3. The molecule has 0 aliphatic carbocycles. The predicted octanol–water partition coefficient (Wildman–Crippen LogP) is 4.71. The molecule has 0 aliphatic rings. The molecule has 2 aromatic carbocycles. The molecule has 0 bridgehead atoms. The van der Waals surface area contributed by atoms with Crippen molar-refractivity contribution < 1.29 is 27.1 Å². The van der Waals surface area contributed by atoms with E-state index in [0.29, 0.717) is 5.76 Å². The summed E-state index contributed by atoms with van der Waals surface area (Å²) < 4.78 is 48.4. The first-order valence-corrected chi connectivity index (χ1v) is 7.91. The van der Waals surface area contributed by atoms with Crippen LogP contribution in [0.1, 0.15) is 24.3 Å². The Morgan fingerprint density at radius 1 is 1.15 bits per heavy atom. The summed E-state index contributed by atoms with van der Waals surface area (Å²) in [4.78, 5) is 12.0. The number of nitrogens with one attached hydrogen (secondary N) is 1. The Labute approximate surface area is 147 Å². The topological polar surface area (TPSA) is 51.5 Å². The minimum atomic E-state index is -4.40. The Bertz CT molecular complexity index is 867. The molecule has 0 fully saturated rings. The third-order valence-corrected chi connectivity index (χ3v) is 3.80. The molecule has 1 aromatic heterocycles. The van der Waals surface area contributed by atoms with Crippen LogP contribution in [0.3, 0.4) is 0 Å². The van der Waals surface area contributed by atoms with Gasteiger partial charge in [0, 0.05) is 5.39 Å². The zero-order valence-corrected chi connectivity index (χ0v) is 13.8. The van der Waals surface area contributed by atoms with Gasteiger partial charge < -0.3 is 14.5 Å². The van der Waals surface area contributed by atoms with Crippen LogP contribution in [-0.2, 0) is 11.0 Å². The molecule has 1 N–H and O–H groups in total. The maximum atomic E-state index is 12.5. The fourth-order valence-electron chi connectivity index (χ4n) is 2.46. The second kappa shape index (κ2) is 7.11. The number of halogens is 3. The van der Waals surface area contributed by atoms with Gasteiger partial charge in [-0.3, -0.25) is 4.79 Å². The molecule has 0 saturated heterocycles. The number of rotatable bonds is 5. The van der Waals surface area contributed by atoms with E-state index in [9.17, 15) is 18.0 Å². The van der Waals surface area contributed by atoms with Crippen molar-refractivity contribution in [2.75, 3.05) is 6.61 Å². The number of hydrogen-bond donors (Lipinski definition) is 1. The third-order valence-electron chi connectivity index (χ3n) is 3.80. The maximum Gasteiger partial charge on any atom is 0.416 e. The number of carbonyl (C=O) groups excluding carboxylic acids is 1. The first-order chi connectivity index (χ1) is 12.3. The highest BCUT2D eigenvalue weighted by atomic mass is 19.4. The van der Waals surface area contributed by atoms with Gasteiger partial charge in [-0.1, -0.05) is 18.2 Å². The molecule has 0 aliphatic heterocycles. The Kier molecular flexibility index (Phi) is 4.88. The molecular weight excluding hydrogens is 347 g/mol. The predicted molar refractivity (Wildman–Crippen MR) is 89.7 cm³/mol. The van der Waals surface area contributed by atoms with Crippen LogP contribution in [0.4, 0.5) is 13.2 Å². The molecule has 7 heteroatoms. The largest absolute Gasteiger partial charge is 0.484 e. The molecule has 26 heavy (non-hydrogen) atoms. The fraction of sp³-hybridized carbons (Fsp3) is 0.211. The van der Waals surface area contributed by atoms with Crippen LogP contribution in [-0.4, -0.2) is 12.5 Å². The molecule has 0 saturated carbocycles. The normalized spacial score (nSPS) is 12.8. The van der Waals surface area contributed by atoms with Crippen molar-refractivity contribution in [1.82, 2.24) is 5.32 Å². The van der Waals surface area contributed by atoms with Gasteiger partial charge in [-0.25, -0.2) is 0 Å². The number of benzene rings is 2. The second-order valence-corrected chi connectivity index (χ2v) is 5.79. The van der Waals surface area contributed by atoms with Crippen LogP contribution in [0.25, 0.3) is 11.0 Å². The number of hydrogen-bond acceptors (Lipinski definition) is 3. The van der Waals surface area contributed by atoms with Crippen molar-refractivity contribution in [2.45, 2.75) is 19.1 Å². The number of fused-ring (bicyclic) bond motifs is 1. The molecule has 3 aromatic rings. The Morgan fingerprint density at radius 2 is 1.85 bits per heavy atom. The maximum absolute atomic E-state index is 12.5. The summed E-state index contributed by atoms with van der Waals surface area (Å²) in [7, 11) is 0.